The Balaban J connectivity index is 1.63. The lowest BCUT2D eigenvalue weighted by atomic mass is 9.93. The third-order valence-electron chi connectivity index (χ3n) is 5.37. The SMILES string of the molecule is CN1CCC(N2CCCNC(C)(C3CC3)C2)CC1. The van der Waals surface area contributed by atoms with E-state index in [-0.39, 0.29) is 0 Å². The van der Waals surface area contributed by atoms with Crippen LogP contribution >= 0.6 is 0 Å². The normalized spacial score (nSPS) is 37.7. The summed E-state index contributed by atoms with van der Waals surface area (Å²) in [4.78, 5) is 5.29. The van der Waals surface area contributed by atoms with Crippen LogP contribution in [0.1, 0.15) is 39.0 Å². The van der Waals surface area contributed by atoms with Crippen molar-refractivity contribution in [3.8, 4) is 0 Å². The zero-order valence-electron chi connectivity index (χ0n) is 12.1. The van der Waals surface area contributed by atoms with E-state index in [0.29, 0.717) is 5.54 Å². The van der Waals surface area contributed by atoms with Crippen molar-refractivity contribution in [2.45, 2.75) is 50.6 Å². The van der Waals surface area contributed by atoms with E-state index < -0.39 is 0 Å². The van der Waals surface area contributed by atoms with Gasteiger partial charge in [-0.2, -0.15) is 0 Å². The molecule has 0 aromatic carbocycles. The molecule has 0 spiro atoms. The maximum absolute atomic E-state index is 3.85. The summed E-state index contributed by atoms with van der Waals surface area (Å²) in [5.41, 5.74) is 0.403. The molecule has 0 radical (unpaired) electrons. The van der Waals surface area contributed by atoms with Crippen LogP contribution in [0.4, 0.5) is 0 Å². The van der Waals surface area contributed by atoms with Crippen LogP contribution in [-0.4, -0.2) is 61.2 Å². The number of hydrogen-bond donors (Lipinski definition) is 1. The molecule has 3 aliphatic rings. The molecule has 1 aliphatic carbocycles. The van der Waals surface area contributed by atoms with Gasteiger partial charge in [-0.05, 0) is 78.2 Å². The van der Waals surface area contributed by atoms with Gasteiger partial charge in [0.2, 0.25) is 0 Å². The van der Waals surface area contributed by atoms with E-state index in [0.717, 1.165) is 12.0 Å². The summed E-state index contributed by atoms with van der Waals surface area (Å²) in [7, 11) is 2.26. The zero-order chi connectivity index (χ0) is 12.6. The average Bonchev–Trinajstić information content (AvgIpc) is 3.17. The van der Waals surface area contributed by atoms with E-state index in [4.69, 9.17) is 0 Å². The minimum absolute atomic E-state index is 0.403. The van der Waals surface area contributed by atoms with Crippen LogP contribution in [0.3, 0.4) is 0 Å². The summed E-state index contributed by atoms with van der Waals surface area (Å²) >= 11 is 0. The number of nitrogens with zero attached hydrogens (tertiary/aromatic N) is 2. The van der Waals surface area contributed by atoms with Crippen molar-refractivity contribution in [2.75, 3.05) is 39.8 Å². The summed E-state index contributed by atoms with van der Waals surface area (Å²) in [6, 6.07) is 0.846. The van der Waals surface area contributed by atoms with E-state index in [1.54, 1.807) is 0 Å². The smallest absolute Gasteiger partial charge is 0.0308 e. The van der Waals surface area contributed by atoms with Gasteiger partial charge in [-0.25, -0.2) is 0 Å². The summed E-state index contributed by atoms with van der Waals surface area (Å²) in [6.07, 6.45) is 6.97. The Morgan fingerprint density at radius 1 is 1.06 bits per heavy atom. The molecule has 0 aromatic rings. The van der Waals surface area contributed by atoms with Crippen molar-refractivity contribution in [1.29, 1.82) is 0 Å². The Hall–Kier alpha value is -0.120. The highest BCUT2D eigenvalue weighted by atomic mass is 15.2. The van der Waals surface area contributed by atoms with Gasteiger partial charge in [0.1, 0.15) is 0 Å². The molecule has 3 nitrogen and oxygen atoms in total. The average molecular weight is 251 g/mol. The quantitative estimate of drug-likeness (QED) is 0.803. The summed E-state index contributed by atoms with van der Waals surface area (Å²) < 4.78 is 0. The highest BCUT2D eigenvalue weighted by molar-refractivity contribution is 5.02. The molecule has 0 bridgehead atoms. The maximum atomic E-state index is 3.85. The second-order valence-electron chi connectivity index (χ2n) is 6.98. The van der Waals surface area contributed by atoms with Crippen molar-refractivity contribution >= 4 is 0 Å². The van der Waals surface area contributed by atoms with Gasteiger partial charge < -0.3 is 10.2 Å². The van der Waals surface area contributed by atoms with Crippen LogP contribution < -0.4 is 5.32 Å². The van der Waals surface area contributed by atoms with Gasteiger partial charge >= 0.3 is 0 Å². The molecule has 1 unspecified atom stereocenters. The van der Waals surface area contributed by atoms with Gasteiger partial charge in [0.05, 0.1) is 0 Å². The minimum atomic E-state index is 0.403. The molecule has 2 aliphatic heterocycles. The van der Waals surface area contributed by atoms with Crippen molar-refractivity contribution in [3.05, 3.63) is 0 Å². The van der Waals surface area contributed by atoms with Crippen molar-refractivity contribution in [1.82, 2.24) is 15.1 Å². The molecule has 2 saturated heterocycles. The van der Waals surface area contributed by atoms with Gasteiger partial charge in [0.15, 0.2) is 0 Å². The fraction of sp³-hybridized carbons (Fsp3) is 1.00. The van der Waals surface area contributed by atoms with Crippen LogP contribution in [-0.2, 0) is 0 Å². The Morgan fingerprint density at radius 3 is 2.44 bits per heavy atom. The summed E-state index contributed by atoms with van der Waals surface area (Å²) in [5, 5.41) is 3.85. The monoisotopic (exact) mass is 251 g/mol. The number of rotatable bonds is 2. The van der Waals surface area contributed by atoms with Crippen LogP contribution in [0.2, 0.25) is 0 Å². The summed E-state index contributed by atoms with van der Waals surface area (Å²) in [6.45, 7) is 8.85. The Labute approximate surface area is 112 Å². The van der Waals surface area contributed by atoms with Gasteiger partial charge in [0.25, 0.3) is 0 Å². The first-order chi connectivity index (χ1) is 8.67. The van der Waals surface area contributed by atoms with Gasteiger partial charge in [0, 0.05) is 18.1 Å². The second kappa shape index (κ2) is 5.10. The number of nitrogens with one attached hydrogen (secondary N) is 1. The molecule has 2 heterocycles. The lowest BCUT2D eigenvalue weighted by molar-refractivity contribution is 0.0986. The number of likely N-dealkylation sites (tertiary alicyclic amines) is 1. The van der Waals surface area contributed by atoms with E-state index in [9.17, 15) is 0 Å². The number of hydrogen-bond acceptors (Lipinski definition) is 3. The van der Waals surface area contributed by atoms with Crippen molar-refractivity contribution < 1.29 is 0 Å². The minimum Gasteiger partial charge on any atom is -0.310 e. The standard InChI is InChI=1S/C15H29N3/c1-15(13-4-5-13)12-18(9-3-8-16-15)14-6-10-17(2)11-7-14/h13-14,16H,3-12H2,1-2H3. The van der Waals surface area contributed by atoms with E-state index in [1.165, 1.54) is 64.8 Å². The predicted molar refractivity (Wildman–Crippen MR) is 75.8 cm³/mol. The highest BCUT2D eigenvalue weighted by Crippen LogP contribution is 2.41. The molecule has 3 fully saturated rings. The van der Waals surface area contributed by atoms with Crippen LogP contribution in [0.25, 0.3) is 0 Å². The molecule has 18 heavy (non-hydrogen) atoms. The molecule has 104 valence electrons. The van der Waals surface area contributed by atoms with Crippen molar-refractivity contribution in [3.63, 3.8) is 0 Å². The first kappa shape index (κ1) is 12.9. The molecule has 3 rings (SSSR count). The number of piperidine rings is 1. The van der Waals surface area contributed by atoms with E-state index >= 15 is 0 Å². The van der Waals surface area contributed by atoms with Gasteiger partial charge in [-0.15, -0.1) is 0 Å². The molecule has 0 aromatic heterocycles. The van der Waals surface area contributed by atoms with Crippen molar-refractivity contribution in [2.24, 2.45) is 5.92 Å². The predicted octanol–water partition coefficient (Wildman–Crippen LogP) is 1.54. The maximum Gasteiger partial charge on any atom is 0.0308 e. The molecule has 1 saturated carbocycles. The second-order valence-corrected chi connectivity index (χ2v) is 6.98. The fourth-order valence-corrected chi connectivity index (χ4v) is 3.88. The molecule has 0 amide bonds. The lowest BCUT2D eigenvalue weighted by Crippen LogP contribution is -2.54. The van der Waals surface area contributed by atoms with Gasteiger partial charge in [-0.3, -0.25) is 4.90 Å². The van der Waals surface area contributed by atoms with Gasteiger partial charge in [-0.1, -0.05) is 0 Å². The van der Waals surface area contributed by atoms with Crippen LogP contribution in [0.5, 0.6) is 0 Å². The topological polar surface area (TPSA) is 18.5 Å². The zero-order valence-corrected chi connectivity index (χ0v) is 12.1. The molecule has 1 N–H and O–H groups in total. The largest absolute Gasteiger partial charge is 0.310 e. The molecule has 3 heteroatoms. The third kappa shape index (κ3) is 2.73. The Bertz CT molecular complexity index is 281. The molecule has 1 atom stereocenters. The summed E-state index contributed by atoms with van der Waals surface area (Å²) in [5.74, 6) is 0.948. The molecular weight excluding hydrogens is 222 g/mol. The third-order valence-corrected chi connectivity index (χ3v) is 5.37. The first-order valence-corrected chi connectivity index (χ1v) is 7.85. The van der Waals surface area contributed by atoms with E-state index in [2.05, 4.69) is 29.1 Å². The fourth-order valence-electron chi connectivity index (χ4n) is 3.88. The van der Waals surface area contributed by atoms with E-state index in [1.807, 2.05) is 0 Å². The first-order valence-electron chi connectivity index (χ1n) is 7.85. The molecular formula is C15H29N3. The van der Waals surface area contributed by atoms with Crippen LogP contribution in [0.15, 0.2) is 0 Å². The van der Waals surface area contributed by atoms with Crippen LogP contribution in [0, 0.1) is 5.92 Å². The lowest BCUT2D eigenvalue weighted by Gasteiger charge is -2.41. The Kier molecular flexibility index (Phi) is 3.65. The Morgan fingerprint density at radius 2 is 1.78 bits per heavy atom. The highest BCUT2D eigenvalue weighted by Gasteiger charge is 2.43.